The van der Waals surface area contributed by atoms with E-state index in [9.17, 15) is 0 Å². The van der Waals surface area contributed by atoms with E-state index in [-0.39, 0.29) is 6.04 Å². The molecule has 1 rings (SSSR count). The standard InChI is InChI=1S/C7H12ClN3/c1-5-3-10-11(7(5)8)4-6(2)9/h3,6H,4,9H2,1-2H3. The first-order valence-electron chi connectivity index (χ1n) is 3.54. The van der Waals surface area contributed by atoms with Crippen molar-refractivity contribution in [2.75, 3.05) is 0 Å². The number of hydrogen-bond acceptors (Lipinski definition) is 2. The van der Waals surface area contributed by atoms with Gasteiger partial charge in [0.2, 0.25) is 0 Å². The molecule has 0 aliphatic heterocycles. The summed E-state index contributed by atoms with van der Waals surface area (Å²) in [6.07, 6.45) is 1.74. The Labute approximate surface area is 71.1 Å². The highest BCUT2D eigenvalue weighted by atomic mass is 35.5. The number of nitrogens with two attached hydrogens (primary N) is 1. The number of rotatable bonds is 2. The highest BCUT2D eigenvalue weighted by Gasteiger charge is 2.04. The van der Waals surface area contributed by atoms with Gasteiger partial charge in [-0.15, -0.1) is 0 Å². The molecule has 0 saturated heterocycles. The molecule has 0 amide bonds. The van der Waals surface area contributed by atoms with E-state index in [0.29, 0.717) is 11.7 Å². The van der Waals surface area contributed by atoms with Crippen LogP contribution in [-0.4, -0.2) is 15.8 Å². The van der Waals surface area contributed by atoms with Gasteiger partial charge >= 0.3 is 0 Å². The number of aromatic nitrogens is 2. The Morgan fingerprint density at radius 3 is 2.82 bits per heavy atom. The van der Waals surface area contributed by atoms with Crippen molar-refractivity contribution in [1.29, 1.82) is 0 Å². The molecule has 0 saturated carbocycles. The molecule has 62 valence electrons. The van der Waals surface area contributed by atoms with Crippen LogP contribution in [0.15, 0.2) is 6.20 Å². The Kier molecular flexibility index (Phi) is 2.52. The molecule has 0 spiro atoms. The minimum atomic E-state index is 0.0896. The molecule has 11 heavy (non-hydrogen) atoms. The third-order valence-electron chi connectivity index (χ3n) is 1.40. The van der Waals surface area contributed by atoms with Crippen molar-refractivity contribution in [2.24, 2.45) is 5.73 Å². The van der Waals surface area contributed by atoms with Crippen LogP contribution >= 0.6 is 11.6 Å². The van der Waals surface area contributed by atoms with Gasteiger partial charge in [0.05, 0.1) is 12.7 Å². The molecule has 0 radical (unpaired) electrons. The number of hydrogen-bond donors (Lipinski definition) is 1. The lowest BCUT2D eigenvalue weighted by atomic mass is 10.4. The summed E-state index contributed by atoms with van der Waals surface area (Å²) in [5, 5.41) is 4.74. The quantitative estimate of drug-likeness (QED) is 0.730. The molecule has 0 aliphatic carbocycles. The first-order chi connectivity index (χ1) is 5.11. The summed E-state index contributed by atoms with van der Waals surface area (Å²) in [5.74, 6) is 0. The zero-order valence-corrected chi connectivity index (χ0v) is 7.47. The fraction of sp³-hybridized carbons (Fsp3) is 0.571. The summed E-state index contributed by atoms with van der Waals surface area (Å²) in [6, 6.07) is 0.0896. The molecule has 1 aromatic heterocycles. The molecular formula is C7H12ClN3. The van der Waals surface area contributed by atoms with E-state index in [1.54, 1.807) is 10.9 Å². The van der Waals surface area contributed by atoms with Crippen LogP contribution in [0.4, 0.5) is 0 Å². The maximum absolute atomic E-state index is 5.90. The normalized spacial score (nSPS) is 13.5. The molecule has 1 heterocycles. The third kappa shape index (κ3) is 1.94. The second kappa shape index (κ2) is 3.24. The molecule has 0 bridgehead atoms. The molecule has 0 fully saturated rings. The Morgan fingerprint density at radius 1 is 1.82 bits per heavy atom. The molecule has 1 unspecified atom stereocenters. The van der Waals surface area contributed by atoms with Gasteiger partial charge in [0.1, 0.15) is 5.15 Å². The summed E-state index contributed by atoms with van der Waals surface area (Å²) in [6.45, 7) is 4.52. The van der Waals surface area contributed by atoms with Crippen LogP contribution in [0.3, 0.4) is 0 Å². The molecule has 0 aromatic carbocycles. The van der Waals surface area contributed by atoms with Gasteiger partial charge in [-0.3, -0.25) is 4.68 Å². The summed E-state index contributed by atoms with van der Waals surface area (Å²) in [5.41, 5.74) is 6.58. The SMILES string of the molecule is Cc1cnn(CC(C)N)c1Cl. The number of aryl methyl sites for hydroxylation is 1. The molecule has 1 aromatic rings. The highest BCUT2D eigenvalue weighted by Crippen LogP contribution is 2.13. The van der Waals surface area contributed by atoms with E-state index in [4.69, 9.17) is 17.3 Å². The lowest BCUT2D eigenvalue weighted by Crippen LogP contribution is -2.22. The molecule has 4 heteroatoms. The zero-order chi connectivity index (χ0) is 8.43. The first-order valence-corrected chi connectivity index (χ1v) is 3.92. The fourth-order valence-electron chi connectivity index (χ4n) is 0.864. The van der Waals surface area contributed by atoms with Gasteiger partial charge in [-0.25, -0.2) is 0 Å². The Balaban J connectivity index is 2.79. The van der Waals surface area contributed by atoms with Gasteiger partial charge in [0, 0.05) is 11.6 Å². The van der Waals surface area contributed by atoms with Crippen LogP contribution in [0, 0.1) is 6.92 Å². The summed E-state index contributed by atoms with van der Waals surface area (Å²) in [7, 11) is 0. The smallest absolute Gasteiger partial charge is 0.129 e. The van der Waals surface area contributed by atoms with Gasteiger partial charge in [-0.1, -0.05) is 11.6 Å². The van der Waals surface area contributed by atoms with Crippen molar-refractivity contribution in [3.8, 4) is 0 Å². The van der Waals surface area contributed by atoms with Crippen LogP contribution < -0.4 is 5.73 Å². The maximum atomic E-state index is 5.90. The Bertz CT molecular complexity index is 242. The van der Waals surface area contributed by atoms with Crippen molar-refractivity contribution < 1.29 is 0 Å². The molecule has 2 N–H and O–H groups in total. The van der Waals surface area contributed by atoms with E-state index < -0.39 is 0 Å². The number of halogens is 1. The van der Waals surface area contributed by atoms with Crippen molar-refractivity contribution in [3.05, 3.63) is 16.9 Å². The Hall–Kier alpha value is -0.540. The van der Waals surface area contributed by atoms with Crippen molar-refractivity contribution >= 4 is 11.6 Å². The average molecular weight is 174 g/mol. The molecular weight excluding hydrogens is 162 g/mol. The summed E-state index contributed by atoms with van der Waals surface area (Å²) >= 11 is 5.90. The van der Waals surface area contributed by atoms with Gasteiger partial charge in [-0.05, 0) is 13.8 Å². The predicted octanol–water partition coefficient (Wildman–Crippen LogP) is 1.19. The second-order valence-corrected chi connectivity index (χ2v) is 3.14. The van der Waals surface area contributed by atoms with Crippen molar-refractivity contribution in [2.45, 2.75) is 26.4 Å². The third-order valence-corrected chi connectivity index (χ3v) is 1.90. The maximum Gasteiger partial charge on any atom is 0.129 e. The van der Waals surface area contributed by atoms with Gasteiger partial charge in [-0.2, -0.15) is 5.10 Å². The summed E-state index contributed by atoms with van der Waals surface area (Å²) in [4.78, 5) is 0. The molecule has 0 aliphatic rings. The average Bonchev–Trinajstić information content (AvgIpc) is 2.18. The summed E-state index contributed by atoms with van der Waals surface area (Å²) < 4.78 is 1.71. The highest BCUT2D eigenvalue weighted by molar-refractivity contribution is 6.30. The van der Waals surface area contributed by atoms with E-state index in [1.165, 1.54) is 0 Å². The van der Waals surface area contributed by atoms with Crippen LogP contribution in [-0.2, 0) is 6.54 Å². The monoisotopic (exact) mass is 173 g/mol. The van der Waals surface area contributed by atoms with Crippen LogP contribution in [0.2, 0.25) is 5.15 Å². The largest absolute Gasteiger partial charge is 0.326 e. The predicted molar refractivity (Wildman–Crippen MR) is 45.6 cm³/mol. The Morgan fingerprint density at radius 2 is 2.45 bits per heavy atom. The van der Waals surface area contributed by atoms with E-state index in [2.05, 4.69) is 5.10 Å². The van der Waals surface area contributed by atoms with Gasteiger partial charge < -0.3 is 5.73 Å². The minimum Gasteiger partial charge on any atom is -0.326 e. The topological polar surface area (TPSA) is 43.8 Å². The van der Waals surface area contributed by atoms with Gasteiger partial charge in [0.15, 0.2) is 0 Å². The van der Waals surface area contributed by atoms with Crippen molar-refractivity contribution in [1.82, 2.24) is 9.78 Å². The van der Waals surface area contributed by atoms with Crippen LogP contribution in [0.1, 0.15) is 12.5 Å². The first kappa shape index (κ1) is 8.56. The van der Waals surface area contributed by atoms with Crippen molar-refractivity contribution in [3.63, 3.8) is 0 Å². The van der Waals surface area contributed by atoms with Gasteiger partial charge in [0.25, 0.3) is 0 Å². The van der Waals surface area contributed by atoms with Crippen LogP contribution in [0.5, 0.6) is 0 Å². The molecule has 3 nitrogen and oxygen atoms in total. The van der Waals surface area contributed by atoms with E-state index in [1.807, 2.05) is 13.8 Å². The van der Waals surface area contributed by atoms with E-state index in [0.717, 1.165) is 5.56 Å². The zero-order valence-electron chi connectivity index (χ0n) is 6.71. The lowest BCUT2D eigenvalue weighted by molar-refractivity contribution is 0.539. The lowest BCUT2D eigenvalue weighted by Gasteiger charge is -2.05. The van der Waals surface area contributed by atoms with E-state index >= 15 is 0 Å². The second-order valence-electron chi connectivity index (χ2n) is 2.78. The number of nitrogens with zero attached hydrogens (tertiary/aromatic N) is 2. The minimum absolute atomic E-state index is 0.0896. The molecule has 1 atom stereocenters. The van der Waals surface area contributed by atoms with Crippen LogP contribution in [0.25, 0.3) is 0 Å². The fourth-order valence-corrected chi connectivity index (χ4v) is 1.03.